The summed E-state index contributed by atoms with van der Waals surface area (Å²) in [6, 6.07) is 3.86. The van der Waals surface area contributed by atoms with Crippen LogP contribution in [0.5, 0.6) is 0 Å². The average Bonchev–Trinajstić information content (AvgIpc) is 2.94. The minimum Gasteiger partial charge on any atom is -0.443 e. The van der Waals surface area contributed by atoms with Gasteiger partial charge in [-0.25, -0.2) is 4.79 Å². The van der Waals surface area contributed by atoms with Crippen molar-refractivity contribution >= 4 is 11.7 Å². The number of carbonyl (C=O) groups excluding carboxylic acids is 1. The molecule has 0 saturated carbocycles. The van der Waals surface area contributed by atoms with E-state index in [0.717, 1.165) is 25.0 Å². The smallest absolute Gasteiger partial charge is 0.418 e. The highest BCUT2D eigenvalue weighted by Gasteiger charge is 2.31. The lowest BCUT2D eigenvalue weighted by atomic mass is 10.0. The summed E-state index contributed by atoms with van der Waals surface area (Å²) in [4.78, 5) is 12.2. The Morgan fingerprint density at radius 2 is 2.20 bits per heavy atom. The van der Waals surface area contributed by atoms with Gasteiger partial charge < -0.3 is 9.47 Å². The molecule has 4 nitrogen and oxygen atoms in total. The van der Waals surface area contributed by atoms with E-state index < -0.39 is 5.60 Å². The Morgan fingerprint density at radius 1 is 1.40 bits per heavy atom. The SMILES string of the molecule is CC(C)(C)OC(=O)n1cccc1C1=CC2CCC(C1)O2. The Hall–Kier alpha value is -1.55. The number of hydrogen-bond donors (Lipinski definition) is 0. The van der Waals surface area contributed by atoms with Crippen LogP contribution in [0.3, 0.4) is 0 Å². The van der Waals surface area contributed by atoms with Gasteiger partial charge in [0.15, 0.2) is 0 Å². The molecule has 1 aromatic rings. The molecule has 2 aliphatic heterocycles. The molecule has 0 aliphatic carbocycles. The number of hydrogen-bond acceptors (Lipinski definition) is 3. The van der Waals surface area contributed by atoms with E-state index in [4.69, 9.17) is 9.47 Å². The van der Waals surface area contributed by atoms with Crippen LogP contribution in [-0.2, 0) is 9.47 Å². The quantitative estimate of drug-likeness (QED) is 0.786. The maximum absolute atomic E-state index is 12.2. The summed E-state index contributed by atoms with van der Waals surface area (Å²) >= 11 is 0. The van der Waals surface area contributed by atoms with Crippen molar-refractivity contribution in [2.45, 2.75) is 57.8 Å². The standard InChI is InChI=1S/C16H21NO3/c1-16(2,3)20-15(18)17-8-4-5-14(17)11-9-12-6-7-13(10-11)19-12/h4-5,8-9,12-13H,6-7,10H2,1-3H3. The molecule has 1 aromatic heterocycles. The van der Waals surface area contributed by atoms with Gasteiger partial charge in [0.1, 0.15) is 5.60 Å². The third kappa shape index (κ3) is 2.66. The maximum atomic E-state index is 12.2. The van der Waals surface area contributed by atoms with Gasteiger partial charge in [-0.3, -0.25) is 4.57 Å². The van der Waals surface area contributed by atoms with Crippen molar-refractivity contribution in [3.05, 3.63) is 30.1 Å². The minimum atomic E-state index is -0.484. The zero-order valence-electron chi connectivity index (χ0n) is 12.3. The fraction of sp³-hybridized carbons (Fsp3) is 0.562. The van der Waals surface area contributed by atoms with Gasteiger partial charge in [-0.15, -0.1) is 0 Å². The summed E-state index contributed by atoms with van der Waals surface area (Å²) in [5.41, 5.74) is 1.64. The topological polar surface area (TPSA) is 40.5 Å². The Balaban J connectivity index is 1.85. The Bertz CT molecular complexity index is 550. The largest absolute Gasteiger partial charge is 0.443 e. The van der Waals surface area contributed by atoms with Crippen LogP contribution >= 0.6 is 0 Å². The van der Waals surface area contributed by atoms with E-state index in [1.165, 1.54) is 5.57 Å². The lowest BCUT2D eigenvalue weighted by molar-refractivity contribution is 0.0530. The van der Waals surface area contributed by atoms with Crippen molar-refractivity contribution in [3.63, 3.8) is 0 Å². The summed E-state index contributed by atoms with van der Waals surface area (Å²) < 4.78 is 12.9. The predicted molar refractivity (Wildman–Crippen MR) is 76.6 cm³/mol. The summed E-state index contributed by atoms with van der Waals surface area (Å²) in [6.07, 6.45) is 7.19. The van der Waals surface area contributed by atoms with Gasteiger partial charge in [0.2, 0.25) is 0 Å². The molecule has 2 aliphatic rings. The zero-order chi connectivity index (χ0) is 14.3. The molecule has 3 rings (SSSR count). The minimum absolute atomic E-state index is 0.214. The lowest BCUT2D eigenvalue weighted by Crippen LogP contribution is -2.28. The molecule has 2 atom stereocenters. The van der Waals surface area contributed by atoms with Gasteiger partial charge in [0.25, 0.3) is 0 Å². The van der Waals surface area contributed by atoms with Crippen molar-refractivity contribution in [2.24, 2.45) is 0 Å². The monoisotopic (exact) mass is 275 g/mol. The van der Waals surface area contributed by atoms with Crippen molar-refractivity contribution in [1.82, 2.24) is 4.57 Å². The molecule has 0 spiro atoms. The molecule has 0 aromatic carbocycles. The molecule has 0 radical (unpaired) electrons. The number of fused-ring (bicyclic) bond motifs is 2. The molecule has 0 amide bonds. The average molecular weight is 275 g/mol. The highest BCUT2D eigenvalue weighted by Crippen LogP contribution is 2.36. The van der Waals surface area contributed by atoms with Crippen LogP contribution in [-0.4, -0.2) is 28.5 Å². The molecule has 2 bridgehead atoms. The Labute approximate surface area is 119 Å². The number of carbonyl (C=O) groups is 1. The number of ether oxygens (including phenoxy) is 2. The highest BCUT2D eigenvalue weighted by molar-refractivity contribution is 5.78. The van der Waals surface area contributed by atoms with Crippen molar-refractivity contribution in [3.8, 4) is 0 Å². The fourth-order valence-corrected chi connectivity index (χ4v) is 2.85. The van der Waals surface area contributed by atoms with E-state index >= 15 is 0 Å². The molecule has 1 saturated heterocycles. The van der Waals surface area contributed by atoms with E-state index in [9.17, 15) is 4.79 Å². The molecule has 108 valence electrons. The summed E-state index contributed by atoms with van der Waals surface area (Å²) in [7, 11) is 0. The summed E-state index contributed by atoms with van der Waals surface area (Å²) in [5, 5.41) is 0. The third-order valence-corrected chi connectivity index (χ3v) is 3.64. The molecule has 20 heavy (non-hydrogen) atoms. The predicted octanol–water partition coefficient (Wildman–Crippen LogP) is 3.61. The van der Waals surface area contributed by atoms with Crippen molar-refractivity contribution in [1.29, 1.82) is 0 Å². The first-order valence-corrected chi connectivity index (χ1v) is 7.19. The van der Waals surface area contributed by atoms with E-state index in [-0.39, 0.29) is 12.2 Å². The second-order valence-electron chi connectivity index (χ2n) is 6.51. The highest BCUT2D eigenvalue weighted by atomic mass is 16.6. The molecular weight excluding hydrogens is 254 g/mol. The molecule has 1 fully saturated rings. The second-order valence-corrected chi connectivity index (χ2v) is 6.51. The molecule has 2 unspecified atom stereocenters. The van der Waals surface area contributed by atoms with Crippen LogP contribution in [0.25, 0.3) is 5.57 Å². The van der Waals surface area contributed by atoms with Crippen LogP contribution in [0.4, 0.5) is 4.79 Å². The molecule has 0 N–H and O–H groups in total. The normalized spacial score (nSPS) is 25.4. The van der Waals surface area contributed by atoms with Gasteiger partial charge in [-0.05, 0) is 51.3 Å². The van der Waals surface area contributed by atoms with Gasteiger partial charge in [-0.1, -0.05) is 6.08 Å². The van der Waals surface area contributed by atoms with Gasteiger partial charge >= 0.3 is 6.09 Å². The summed E-state index contributed by atoms with van der Waals surface area (Å²) in [6.45, 7) is 5.63. The maximum Gasteiger partial charge on any atom is 0.418 e. The molecular formula is C16H21NO3. The van der Waals surface area contributed by atoms with Crippen LogP contribution in [0.1, 0.15) is 45.7 Å². The molecule has 3 heterocycles. The van der Waals surface area contributed by atoms with Crippen LogP contribution in [0.2, 0.25) is 0 Å². The first-order chi connectivity index (χ1) is 9.42. The van der Waals surface area contributed by atoms with Gasteiger partial charge in [0.05, 0.1) is 17.9 Å². The second kappa shape index (κ2) is 4.77. The zero-order valence-corrected chi connectivity index (χ0v) is 12.3. The summed E-state index contributed by atoms with van der Waals surface area (Å²) in [5.74, 6) is 0. The first-order valence-electron chi connectivity index (χ1n) is 7.19. The van der Waals surface area contributed by atoms with E-state index in [1.807, 2.05) is 32.9 Å². The van der Waals surface area contributed by atoms with Gasteiger partial charge in [0, 0.05) is 12.6 Å². The lowest BCUT2D eigenvalue weighted by Gasteiger charge is -2.23. The van der Waals surface area contributed by atoms with E-state index in [2.05, 4.69) is 6.08 Å². The fourth-order valence-electron chi connectivity index (χ4n) is 2.85. The number of aromatic nitrogens is 1. The Morgan fingerprint density at radius 3 is 2.90 bits per heavy atom. The van der Waals surface area contributed by atoms with Crippen LogP contribution in [0, 0.1) is 0 Å². The molecule has 4 heteroatoms. The van der Waals surface area contributed by atoms with Crippen molar-refractivity contribution in [2.75, 3.05) is 0 Å². The van der Waals surface area contributed by atoms with Crippen LogP contribution < -0.4 is 0 Å². The number of rotatable bonds is 1. The van der Waals surface area contributed by atoms with E-state index in [1.54, 1.807) is 10.8 Å². The third-order valence-electron chi connectivity index (χ3n) is 3.64. The van der Waals surface area contributed by atoms with Crippen molar-refractivity contribution < 1.29 is 14.3 Å². The number of nitrogens with zero attached hydrogens (tertiary/aromatic N) is 1. The first kappa shape index (κ1) is 13.4. The van der Waals surface area contributed by atoms with E-state index in [0.29, 0.717) is 6.10 Å². The Kier molecular flexibility index (Phi) is 3.21. The van der Waals surface area contributed by atoms with Gasteiger partial charge in [-0.2, -0.15) is 0 Å². The van der Waals surface area contributed by atoms with Crippen LogP contribution in [0.15, 0.2) is 24.4 Å².